The molecule has 2 aromatic carbocycles. The largest absolute Gasteiger partial charge is 0.384 e. The second kappa shape index (κ2) is 7.81. The molecule has 0 saturated carbocycles. The van der Waals surface area contributed by atoms with Crippen LogP contribution in [0, 0.1) is 0 Å². The van der Waals surface area contributed by atoms with Crippen LogP contribution in [-0.2, 0) is 0 Å². The fourth-order valence-corrected chi connectivity index (χ4v) is 3.56. The Labute approximate surface area is 174 Å². The fourth-order valence-electron chi connectivity index (χ4n) is 3.56. The predicted molar refractivity (Wildman–Crippen MR) is 119 cm³/mol. The first kappa shape index (κ1) is 18.1. The maximum absolute atomic E-state index is 10.9. The van der Waals surface area contributed by atoms with Crippen LogP contribution < -0.4 is 0 Å². The smallest absolute Gasteiger partial charge is 0.105 e. The third-order valence-electron chi connectivity index (χ3n) is 5.02. The lowest BCUT2D eigenvalue weighted by molar-refractivity contribution is 0.225. The summed E-state index contributed by atoms with van der Waals surface area (Å²) in [5.41, 5.74) is 6.89. The van der Waals surface area contributed by atoms with E-state index >= 15 is 0 Å². The first-order valence-electron chi connectivity index (χ1n) is 9.64. The Morgan fingerprint density at radius 2 is 1.17 bits per heavy atom. The van der Waals surface area contributed by atoms with Crippen LogP contribution >= 0.6 is 0 Å². The standard InChI is InChI=1S/C25H18N4O/c30-25-23-13-17(28-15-19-5-1-3-11-26-19)7-9-21(23)22-10-8-18(14-24(22)25)29-16-20-6-2-4-12-27-20/h1-16,25,30H. The van der Waals surface area contributed by atoms with Gasteiger partial charge in [-0.05, 0) is 70.8 Å². The van der Waals surface area contributed by atoms with Crippen LogP contribution in [0.1, 0.15) is 28.6 Å². The van der Waals surface area contributed by atoms with Crippen LogP contribution in [0.2, 0.25) is 0 Å². The highest BCUT2D eigenvalue weighted by molar-refractivity contribution is 5.84. The van der Waals surface area contributed by atoms with Gasteiger partial charge in [0.05, 0.1) is 35.2 Å². The van der Waals surface area contributed by atoms with Gasteiger partial charge < -0.3 is 5.11 Å². The number of hydrogen-bond acceptors (Lipinski definition) is 5. The minimum Gasteiger partial charge on any atom is -0.384 e. The van der Waals surface area contributed by atoms with Gasteiger partial charge in [0.1, 0.15) is 6.10 Å². The van der Waals surface area contributed by atoms with E-state index in [0.717, 1.165) is 45.0 Å². The Morgan fingerprint density at radius 1 is 0.667 bits per heavy atom. The van der Waals surface area contributed by atoms with E-state index < -0.39 is 6.10 Å². The van der Waals surface area contributed by atoms with Crippen molar-refractivity contribution in [1.29, 1.82) is 0 Å². The first-order valence-corrected chi connectivity index (χ1v) is 9.64. The van der Waals surface area contributed by atoms with Gasteiger partial charge in [0, 0.05) is 12.4 Å². The molecule has 0 atom stereocenters. The van der Waals surface area contributed by atoms with E-state index in [1.807, 2.05) is 72.8 Å². The molecule has 2 heterocycles. The van der Waals surface area contributed by atoms with Crippen molar-refractivity contribution in [2.75, 3.05) is 0 Å². The molecule has 5 nitrogen and oxygen atoms in total. The highest BCUT2D eigenvalue weighted by Gasteiger charge is 2.27. The zero-order valence-corrected chi connectivity index (χ0v) is 16.1. The molecular weight excluding hydrogens is 372 g/mol. The van der Waals surface area contributed by atoms with E-state index in [0.29, 0.717) is 0 Å². The van der Waals surface area contributed by atoms with Gasteiger partial charge in [0.15, 0.2) is 0 Å². The topological polar surface area (TPSA) is 70.7 Å². The van der Waals surface area contributed by atoms with Gasteiger partial charge in [0.2, 0.25) is 0 Å². The summed E-state index contributed by atoms with van der Waals surface area (Å²) in [4.78, 5) is 17.5. The molecular formula is C25H18N4O. The quantitative estimate of drug-likeness (QED) is 0.496. The summed E-state index contributed by atoms with van der Waals surface area (Å²) < 4.78 is 0. The minimum atomic E-state index is -0.704. The lowest BCUT2D eigenvalue weighted by Gasteiger charge is -2.06. The number of aliphatic imine (C=N–C) groups is 2. The average molecular weight is 390 g/mol. The molecule has 0 radical (unpaired) electrons. The molecule has 0 unspecified atom stereocenters. The van der Waals surface area contributed by atoms with Crippen molar-refractivity contribution in [2.45, 2.75) is 6.10 Å². The van der Waals surface area contributed by atoms with E-state index in [4.69, 9.17) is 0 Å². The second-order valence-corrected chi connectivity index (χ2v) is 6.97. The Balaban J connectivity index is 1.42. The van der Waals surface area contributed by atoms with Crippen molar-refractivity contribution < 1.29 is 5.11 Å². The molecule has 0 fully saturated rings. The van der Waals surface area contributed by atoms with Gasteiger partial charge in [-0.25, -0.2) is 0 Å². The summed E-state index contributed by atoms with van der Waals surface area (Å²) >= 11 is 0. The van der Waals surface area contributed by atoms with Gasteiger partial charge >= 0.3 is 0 Å². The Kier molecular flexibility index (Phi) is 4.71. The number of aliphatic hydroxyl groups excluding tert-OH is 1. The van der Waals surface area contributed by atoms with E-state index in [2.05, 4.69) is 20.0 Å². The van der Waals surface area contributed by atoms with Crippen LogP contribution in [0.5, 0.6) is 0 Å². The van der Waals surface area contributed by atoms with Crippen LogP contribution in [-0.4, -0.2) is 27.5 Å². The monoisotopic (exact) mass is 390 g/mol. The molecule has 1 N–H and O–H groups in total. The van der Waals surface area contributed by atoms with Crippen LogP contribution in [0.15, 0.2) is 95.2 Å². The summed E-state index contributed by atoms with van der Waals surface area (Å²) in [5.74, 6) is 0. The summed E-state index contributed by atoms with van der Waals surface area (Å²) in [6.45, 7) is 0. The molecule has 0 bridgehead atoms. The van der Waals surface area contributed by atoms with E-state index in [9.17, 15) is 5.11 Å². The number of fused-ring (bicyclic) bond motifs is 3. The van der Waals surface area contributed by atoms with Crippen molar-refractivity contribution in [1.82, 2.24) is 9.97 Å². The van der Waals surface area contributed by atoms with E-state index in [1.54, 1.807) is 24.8 Å². The van der Waals surface area contributed by atoms with Crippen LogP contribution in [0.3, 0.4) is 0 Å². The van der Waals surface area contributed by atoms with E-state index in [-0.39, 0.29) is 0 Å². The van der Waals surface area contributed by atoms with Gasteiger partial charge in [0.25, 0.3) is 0 Å². The van der Waals surface area contributed by atoms with Crippen molar-refractivity contribution in [3.63, 3.8) is 0 Å². The summed E-state index contributed by atoms with van der Waals surface area (Å²) in [6.07, 6.45) is 6.21. The van der Waals surface area contributed by atoms with Gasteiger partial charge in [-0.15, -0.1) is 0 Å². The molecule has 5 rings (SSSR count). The molecule has 4 aromatic rings. The highest BCUT2D eigenvalue weighted by atomic mass is 16.3. The van der Waals surface area contributed by atoms with Crippen molar-refractivity contribution in [2.24, 2.45) is 9.98 Å². The molecule has 0 amide bonds. The molecule has 0 saturated heterocycles. The Bertz CT molecular complexity index is 1150. The maximum atomic E-state index is 10.9. The average Bonchev–Trinajstić information content (AvgIpc) is 3.09. The molecule has 0 aliphatic heterocycles. The van der Waals surface area contributed by atoms with Gasteiger partial charge in [-0.1, -0.05) is 24.3 Å². The number of pyridine rings is 2. The molecule has 2 aromatic heterocycles. The number of aromatic nitrogens is 2. The predicted octanol–water partition coefficient (Wildman–Crippen LogP) is 5.04. The maximum Gasteiger partial charge on any atom is 0.105 e. The number of rotatable bonds is 4. The number of hydrogen-bond donors (Lipinski definition) is 1. The SMILES string of the molecule is OC1c2cc(N=Cc3ccccn3)ccc2-c2ccc(N=Cc3ccccn3)cc21. The van der Waals surface area contributed by atoms with Crippen molar-refractivity contribution in [3.05, 3.63) is 108 Å². The molecule has 5 heteroatoms. The van der Waals surface area contributed by atoms with Crippen molar-refractivity contribution >= 4 is 23.8 Å². The van der Waals surface area contributed by atoms with Crippen LogP contribution in [0.4, 0.5) is 11.4 Å². The lowest BCUT2D eigenvalue weighted by Crippen LogP contribution is -1.93. The molecule has 0 spiro atoms. The van der Waals surface area contributed by atoms with E-state index in [1.165, 1.54) is 0 Å². The normalized spacial score (nSPS) is 14.9. The number of benzene rings is 2. The third kappa shape index (κ3) is 3.54. The highest BCUT2D eigenvalue weighted by Crippen LogP contribution is 2.45. The van der Waals surface area contributed by atoms with Gasteiger partial charge in [-0.3, -0.25) is 20.0 Å². The molecule has 1 aliphatic carbocycles. The van der Waals surface area contributed by atoms with Crippen LogP contribution in [0.25, 0.3) is 11.1 Å². The Morgan fingerprint density at radius 3 is 1.60 bits per heavy atom. The first-order chi connectivity index (χ1) is 14.8. The number of aliphatic hydroxyl groups is 1. The minimum absolute atomic E-state index is 0.704. The third-order valence-corrected chi connectivity index (χ3v) is 5.02. The zero-order valence-electron chi connectivity index (χ0n) is 16.1. The summed E-state index contributed by atoms with van der Waals surface area (Å²) in [6, 6.07) is 23.1. The molecule has 1 aliphatic rings. The number of nitrogens with zero attached hydrogens (tertiary/aromatic N) is 4. The summed E-state index contributed by atoms with van der Waals surface area (Å²) in [5, 5.41) is 10.9. The molecule has 144 valence electrons. The van der Waals surface area contributed by atoms with Gasteiger partial charge in [-0.2, -0.15) is 0 Å². The van der Waals surface area contributed by atoms with Crippen molar-refractivity contribution in [3.8, 4) is 11.1 Å². The lowest BCUT2D eigenvalue weighted by atomic mass is 10.1. The molecule has 30 heavy (non-hydrogen) atoms. The zero-order chi connectivity index (χ0) is 20.3. The fraction of sp³-hybridized carbons (Fsp3) is 0.0400. The Hall–Kier alpha value is -3.96. The summed E-state index contributed by atoms with van der Waals surface area (Å²) in [7, 11) is 0. The second-order valence-electron chi connectivity index (χ2n) is 6.97.